The summed E-state index contributed by atoms with van der Waals surface area (Å²) in [5.74, 6) is -0.231. The van der Waals surface area contributed by atoms with E-state index in [0.29, 0.717) is 13.1 Å². The molecule has 0 aliphatic rings. The van der Waals surface area contributed by atoms with Gasteiger partial charge >= 0.3 is 0 Å². The summed E-state index contributed by atoms with van der Waals surface area (Å²) in [5, 5.41) is 4.66. The fourth-order valence-electron chi connectivity index (χ4n) is 2.99. The summed E-state index contributed by atoms with van der Waals surface area (Å²) in [7, 11) is 0. The maximum atomic E-state index is 13.3. The molecule has 0 fully saturated rings. The SMILES string of the molecule is Fc1ccc(C(Cn2ccnc2)NCc2coc3ccccc23)cc1. The van der Waals surface area contributed by atoms with Crippen LogP contribution in [0.1, 0.15) is 17.2 Å². The number of imidazole rings is 1. The molecule has 0 aliphatic heterocycles. The highest BCUT2D eigenvalue weighted by molar-refractivity contribution is 5.80. The minimum absolute atomic E-state index is 0.0310. The Morgan fingerprint density at radius 1 is 1.12 bits per heavy atom. The summed E-state index contributed by atoms with van der Waals surface area (Å²) in [6.45, 7) is 1.37. The molecule has 2 heterocycles. The first-order valence-electron chi connectivity index (χ1n) is 8.19. The molecule has 4 nitrogen and oxygen atoms in total. The van der Waals surface area contributed by atoms with E-state index in [1.807, 2.05) is 41.1 Å². The molecule has 1 unspecified atom stereocenters. The van der Waals surface area contributed by atoms with Crippen molar-refractivity contribution in [3.63, 3.8) is 0 Å². The lowest BCUT2D eigenvalue weighted by Crippen LogP contribution is -2.25. The zero-order valence-electron chi connectivity index (χ0n) is 13.6. The fourth-order valence-corrected chi connectivity index (χ4v) is 2.99. The van der Waals surface area contributed by atoms with Crippen LogP contribution < -0.4 is 5.32 Å². The summed E-state index contributed by atoms with van der Waals surface area (Å²) < 4.78 is 20.9. The van der Waals surface area contributed by atoms with Crippen molar-refractivity contribution in [3.8, 4) is 0 Å². The smallest absolute Gasteiger partial charge is 0.134 e. The molecule has 1 N–H and O–H groups in total. The van der Waals surface area contributed by atoms with Crippen LogP contribution in [0.5, 0.6) is 0 Å². The van der Waals surface area contributed by atoms with Gasteiger partial charge in [0.2, 0.25) is 0 Å². The molecule has 1 atom stereocenters. The third-order valence-electron chi connectivity index (χ3n) is 4.33. The van der Waals surface area contributed by atoms with E-state index >= 15 is 0 Å². The second-order valence-corrected chi connectivity index (χ2v) is 6.00. The van der Waals surface area contributed by atoms with Crippen LogP contribution in [0.4, 0.5) is 4.39 Å². The van der Waals surface area contributed by atoms with Crippen LogP contribution in [-0.4, -0.2) is 9.55 Å². The van der Waals surface area contributed by atoms with E-state index in [1.165, 1.54) is 12.1 Å². The van der Waals surface area contributed by atoms with Crippen molar-refractivity contribution in [1.82, 2.24) is 14.9 Å². The highest BCUT2D eigenvalue weighted by Crippen LogP contribution is 2.22. The van der Waals surface area contributed by atoms with Gasteiger partial charge in [-0.15, -0.1) is 0 Å². The van der Waals surface area contributed by atoms with Crippen molar-refractivity contribution in [2.75, 3.05) is 0 Å². The molecule has 0 radical (unpaired) electrons. The molecule has 4 rings (SSSR count). The Hall–Kier alpha value is -2.92. The van der Waals surface area contributed by atoms with Crippen LogP contribution >= 0.6 is 0 Å². The number of benzene rings is 2. The monoisotopic (exact) mass is 335 g/mol. The first-order chi connectivity index (χ1) is 12.3. The van der Waals surface area contributed by atoms with Gasteiger partial charge in [0.25, 0.3) is 0 Å². The van der Waals surface area contributed by atoms with Crippen molar-refractivity contribution in [3.05, 3.63) is 90.5 Å². The average molecular weight is 335 g/mol. The standard InChI is InChI=1S/C20H18FN3O/c21-17-7-5-15(6-8-17)19(12-24-10-9-22-14-24)23-11-16-13-25-20-4-2-1-3-18(16)20/h1-10,13-14,19,23H,11-12H2. The summed E-state index contributed by atoms with van der Waals surface area (Å²) in [6.07, 6.45) is 7.25. The molecule has 4 aromatic rings. The van der Waals surface area contributed by atoms with Gasteiger partial charge in [-0.25, -0.2) is 9.37 Å². The molecule has 0 saturated carbocycles. The molecule has 126 valence electrons. The molecule has 5 heteroatoms. The van der Waals surface area contributed by atoms with E-state index in [0.717, 1.165) is 22.1 Å². The molecular formula is C20H18FN3O. The molecule has 0 amide bonds. The lowest BCUT2D eigenvalue weighted by Gasteiger charge is -2.19. The lowest BCUT2D eigenvalue weighted by molar-refractivity contribution is 0.459. The maximum Gasteiger partial charge on any atom is 0.134 e. The lowest BCUT2D eigenvalue weighted by atomic mass is 10.1. The fraction of sp³-hybridized carbons (Fsp3) is 0.150. The summed E-state index contributed by atoms with van der Waals surface area (Å²) in [6, 6.07) is 14.6. The first kappa shape index (κ1) is 15.6. The van der Waals surface area contributed by atoms with Crippen LogP contribution in [0.2, 0.25) is 0 Å². The number of aromatic nitrogens is 2. The van der Waals surface area contributed by atoms with Gasteiger partial charge in [-0.05, 0) is 23.8 Å². The normalized spacial score (nSPS) is 12.5. The van der Waals surface area contributed by atoms with E-state index < -0.39 is 0 Å². The van der Waals surface area contributed by atoms with Gasteiger partial charge in [-0.3, -0.25) is 0 Å². The summed E-state index contributed by atoms with van der Waals surface area (Å²) >= 11 is 0. The van der Waals surface area contributed by atoms with E-state index in [4.69, 9.17) is 4.42 Å². The van der Waals surface area contributed by atoms with Crippen LogP contribution in [-0.2, 0) is 13.1 Å². The number of nitrogens with zero attached hydrogens (tertiary/aromatic N) is 2. The molecule has 2 aromatic carbocycles. The Bertz CT molecular complexity index is 945. The number of para-hydroxylation sites is 1. The van der Waals surface area contributed by atoms with Gasteiger partial charge < -0.3 is 14.3 Å². The molecule has 2 aromatic heterocycles. The molecule has 0 aliphatic carbocycles. The van der Waals surface area contributed by atoms with Gasteiger partial charge in [-0.1, -0.05) is 30.3 Å². The first-order valence-corrected chi connectivity index (χ1v) is 8.19. The van der Waals surface area contributed by atoms with Gasteiger partial charge in [0.15, 0.2) is 0 Å². The van der Waals surface area contributed by atoms with Crippen molar-refractivity contribution < 1.29 is 8.81 Å². The Labute approximate surface area is 144 Å². The van der Waals surface area contributed by atoms with Crippen molar-refractivity contribution in [2.24, 2.45) is 0 Å². The number of furan rings is 1. The van der Waals surface area contributed by atoms with E-state index in [2.05, 4.69) is 16.4 Å². The van der Waals surface area contributed by atoms with Crippen molar-refractivity contribution >= 4 is 11.0 Å². The van der Waals surface area contributed by atoms with Crippen LogP contribution in [0.15, 0.2) is 77.9 Å². The van der Waals surface area contributed by atoms with Crippen molar-refractivity contribution in [1.29, 1.82) is 0 Å². The van der Waals surface area contributed by atoms with Crippen LogP contribution in [0, 0.1) is 5.82 Å². The topological polar surface area (TPSA) is 43.0 Å². The van der Waals surface area contributed by atoms with Gasteiger partial charge in [-0.2, -0.15) is 0 Å². The quantitative estimate of drug-likeness (QED) is 0.571. The number of halogens is 1. The molecule has 0 bridgehead atoms. The van der Waals surface area contributed by atoms with Crippen LogP contribution in [0.3, 0.4) is 0 Å². The highest BCUT2D eigenvalue weighted by Gasteiger charge is 2.14. The van der Waals surface area contributed by atoms with Gasteiger partial charge in [0, 0.05) is 36.4 Å². The Balaban J connectivity index is 1.56. The largest absolute Gasteiger partial charge is 0.464 e. The third-order valence-corrected chi connectivity index (χ3v) is 4.33. The Morgan fingerprint density at radius 3 is 2.76 bits per heavy atom. The minimum Gasteiger partial charge on any atom is -0.464 e. The zero-order chi connectivity index (χ0) is 17.1. The van der Waals surface area contributed by atoms with E-state index in [-0.39, 0.29) is 11.9 Å². The highest BCUT2D eigenvalue weighted by atomic mass is 19.1. The predicted molar refractivity (Wildman–Crippen MR) is 94.4 cm³/mol. The molecular weight excluding hydrogens is 317 g/mol. The number of rotatable bonds is 6. The Kier molecular flexibility index (Phi) is 4.31. The van der Waals surface area contributed by atoms with Crippen LogP contribution in [0.25, 0.3) is 11.0 Å². The average Bonchev–Trinajstić information content (AvgIpc) is 3.29. The Morgan fingerprint density at radius 2 is 1.96 bits per heavy atom. The zero-order valence-corrected chi connectivity index (χ0v) is 13.6. The number of fused-ring (bicyclic) bond motifs is 1. The van der Waals surface area contributed by atoms with E-state index in [1.54, 1.807) is 18.8 Å². The molecule has 25 heavy (non-hydrogen) atoms. The summed E-state index contributed by atoms with van der Waals surface area (Å²) in [5.41, 5.74) is 3.02. The predicted octanol–water partition coefficient (Wildman–Crippen LogP) is 4.30. The van der Waals surface area contributed by atoms with E-state index in [9.17, 15) is 4.39 Å². The summed E-state index contributed by atoms with van der Waals surface area (Å²) in [4.78, 5) is 4.09. The van der Waals surface area contributed by atoms with Crippen molar-refractivity contribution in [2.45, 2.75) is 19.1 Å². The number of hydrogen-bond donors (Lipinski definition) is 1. The maximum absolute atomic E-state index is 13.3. The molecule has 0 saturated heterocycles. The second-order valence-electron chi connectivity index (χ2n) is 6.00. The third kappa shape index (κ3) is 3.46. The van der Waals surface area contributed by atoms with Gasteiger partial charge in [0.1, 0.15) is 11.4 Å². The van der Waals surface area contributed by atoms with Gasteiger partial charge in [0.05, 0.1) is 18.6 Å². The number of hydrogen-bond acceptors (Lipinski definition) is 3. The minimum atomic E-state index is -0.231. The number of nitrogens with one attached hydrogen (secondary N) is 1. The second kappa shape index (κ2) is 6.91. The molecule has 0 spiro atoms.